The van der Waals surface area contributed by atoms with Crippen LogP contribution in [0, 0.1) is 0 Å². The van der Waals surface area contributed by atoms with E-state index in [1.165, 1.54) is 44.9 Å². The van der Waals surface area contributed by atoms with E-state index >= 15 is 0 Å². The van der Waals surface area contributed by atoms with Crippen LogP contribution in [0.5, 0.6) is 0 Å². The van der Waals surface area contributed by atoms with Crippen molar-refractivity contribution >= 4 is 11.8 Å². The molecule has 4 atom stereocenters. The van der Waals surface area contributed by atoms with Crippen molar-refractivity contribution in [3.05, 3.63) is 0 Å². The highest BCUT2D eigenvalue weighted by Crippen LogP contribution is 2.43. The van der Waals surface area contributed by atoms with Crippen LogP contribution in [0.25, 0.3) is 0 Å². The first-order chi connectivity index (χ1) is 8.33. The SMILES string of the molecule is CNC1CC2CCC(C1)N2C1CCCC1SC. The Morgan fingerprint density at radius 3 is 2.35 bits per heavy atom. The number of hydrogen-bond acceptors (Lipinski definition) is 3. The minimum atomic E-state index is 0.790. The summed E-state index contributed by atoms with van der Waals surface area (Å²) >= 11 is 2.12. The van der Waals surface area contributed by atoms with E-state index in [9.17, 15) is 0 Å². The lowest BCUT2D eigenvalue weighted by molar-refractivity contribution is 0.0761. The molecule has 0 spiro atoms. The lowest BCUT2D eigenvalue weighted by atomic mass is 9.95. The summed E-state index contributed by atoms with van der Waals surface area (Å²) in [6.45, 7) is 0. The fourth-order valence-corrected chi connectivity index (χ4v) is 5.51. The second kappa shape index (κ2) is 5.10. The molecule has 3 fully saturated rings. The Morgan fingerprint density at radius 2 is 1.76 bits per heavy atom. The molecule has 98 valence electrons. The maximum Gasteiger partial charge on any atom is 0.0220 e. The Hall–Kier alpha value is 0.270. The number of hydrogen-bond donors (Lipinski definition) is 1. The van der Waals surface area contributed by atoms with E-state index in [2.05, 4.69) is 35.3 Å². The average molecular weight is 254 g/mol. The van der Waals surface area contributed by atoms with Crippen molar-refractivity contribution < 1.29 is 0 Å². The zero-order chi connectivity index (χ0) is 11.8. The summed E-state index contributed by atoms with van der Waals surface area (Å²) in [5, 5.41) is 4.43. The minimum Gasteiger partial charge on any atom is -0.317 e. The standard InChI is InChI=1S/C14H26N2S/c1-15-10-8-11-6-7-12(9-10)16(11)13-4-3-5-14(13)17-2/h10-15H,3-9H2,1-2H3. The van der Waals surface area contributed by atoms with Gasteiger partial charge in [-0.15, -0.1) is 0 Å². The van der Waals surface area contributed by atoms with Crippen molar-refractivity contribution in [1.29, 1.82) is 0 Å². The van der Waals surface area contributed by atoms with E-state index in [0.717, 1.165) is 29.4 Å². The van der Waals surface area contributed by atoms with Crippen LogP contribution in [0.3, 0.4) is 0 Å². The van der Waals surface area contributed by atoms with Crippen molar-refractivity contribution in [3.63, 3.8) is 0 Å². The van der Waals surface area contributed by atoms with Gasteiger partial charge in [-0.2, -0.15) is 11.8 Å². The first-order valence-corrected chi connectivity index (χ1v) is 8.59. The molecule has 1 aliphatic carbocycles. The summed E-state index contributed by atoms with van der Waals surface area (Å²) < 4.78 is 0. The second-order valence-corrected chi connectivity index (χ2v) is 7.14. The zero-order valence-corrected chi connectivity index (χ0v) is 12.0. The maximum atomic E-state index is 3.51. The molecular formula is C14H26N2S. The maximum absolute atomic E-state index is 3.51. The summed E-state index contributed by atoms with van der Waals surface area (Å²) in [4.78, 5) is 2.95. The highest BCUT2D eigenvalue weighted by molar-refractivity contribution is 7.99. The van der Waals surface area contributed by atoms with E-state index in [4.69, 9.17) is 0 Å². The van der Waals surface area contributed by atoms with Crippen LogP contribution in [0.15, 0.2) is 0 Å². The van der Waals surface area contributed by atoms with Crippen LogP contribution in [-0.2, 0) is 0 Å². The highest BCUT2D eigenvalue weighted by Gasteiger charge is 2.46. The lowest BCUT2D eigenvalue weighted by Gasteiger charge is -2.44. The normalized spacial score (nSPS) is 46.6. The van der Waals surface area contributed by atoms with Crippen LogP contribution in [0.4, 0.5) is 0 Å². The largest absolute Gasteiger partial charge is 0.317 e. The summed E-state index contributed by atoms with van der Waals surface area (Å²) in [5.74, 6) is 0. The number of nitrogens with one attached hydrogen (secondary N) is 1. The molecule has 1 saturated carbocycles. The van der Waals surface area contributed by atoms with Gasteiger partial charge < -0.3 is 5.32 Å². The lowest BCUT2D eigenvalue weighted by Crippen LogP contribution is -2.54. The van der Waals surface area contributed by atoms with Gasteiger partial charge in [0.2, 0.25) is 0 Å². The second-order valence-electron chi connectivity index (χ2n) is 6.06. The van der Waals surface area contributed by atoms with Crippen molar-refractivity contribution in [2.24, 2.45) is 0 Å². The van der Waals surface area contributed by atoms with Gasteiger partial charge in [0.15, 0.2) is 0 Å². The molecule has 2 heterocycles. The van der Waals surface area contributed by atoms with Gasteiger partial charge in [0.05, 0.1) is 0 Å². The molecule has 3 rings (SSSR count). The number of piperidine rings is 1. The topological polar surface area (TPSA) is 15.3 Å². The Kier molecular flexibility index (Phi) is 3.69. The van der Waals surface area contributed by atoms with E-state index in [1.807, 2.05) is 0 Å². The van der Waals surface area contributed by atoms with Gasteiger partial charge in [-0.05, 0) is 51.8 Å². The number of nitrogens with zero attached hydrogens (tertiary/aromatic N) is 1. The van der Waals surface area contributed by atoms with Gasteiger partial charge in [-0.3, -0.25) is 4.90 Å². The van der Waals surface area contributed by atoms with Gasteiger partial charge in [-0.1, -0.05) is 6.42 Å². The Bertz CT molecular complexity index is 257. The third kappa shape index (κ3) is 2.15. The Labute approximate surface area is 110 Å². The van der Waals surface area contributed by atoms with Crippen LogP contribution in [0.1, 0.15) is 44.9 Å². The molecule has 0 amide bonds. The van der Waals surface area contributed by atoms with Gasteiger partial charge in [0.1, 0.15) is 0 Å². The van der Waals surface area contributed by atoms with Gasteiger partial charge in [0.25, 0.3) is 0 Å². The molecule has 2 saturated heterocycles. The summed E-state index contributed by atoms with van der Waals surface area (Å²) in [5.41, 5.74) is 0. The predicted molar refractivity (Wildman–Crippen MR) is 75.7 cm³/mol. The molecule has 0 aromatic heterocycles. The number of rotatable bonds is 3. The van der Waals surface area contributed by atoms with Crippen molar-refractivity contribution in [2.75, 3.05) is 13.3 Å². The molecule has 3 aliphatic rings. The van der Waals surface area contributed by atoms with E-state index in [0.29, 0.717) is 0 Å². The quantitative estimate of drug-likeness (QED) is 0.833. The highest BCUT2D eigenvalue weighted by atomic mass is 32.2. The van der Waals surface area contributed by atoms with Gasteiger partial charge >= 0.3 is 0 Å². The van der Waals surface area contributed by atoms with Crippen molar-refractivity contribution in [2.45, 2.75) is 74.4 Å². The Morgan fingerprint density at radius 1 is 1.06 bits per heavy atom. The molecule has 3 heteroatoms. The number of fused-ring (bicyclic) bond motifs is 2. The van der Waals surface area contributed by atoms with Crippen LogP contribution < -0.4 is 5.32 Å². The molecule has 2 nitrogen and oxygen atoms in total. The molecule has 2 bridgehead atoms. The summed E-state index contributed by atoms with van der Waals surface area (Å²) in [7, 11) is 2.14. The van der Waals surface area contributed by atoms with E-state index in [-0.39, 0.29) is 0 Å². The van der Waals surface area contributed by atoms with E-state index in [1.54, 1.807) is 0 Å². The molecule has 1 N–H and O–H groups in total. The first-order valence-electron chi connectivity index (χ1n) is 7.31. The monoisotopic (exact) mass is 254 g/mol. The predicted octanol–water partition coefficient (Wildman–Crippen LogP) is 2.49. The zero-order valence-electron chi connectivity index (χ0n) is 11.2. The van der Waals surface area contributed by atoms with Crippen LogP contribution >= 0.6 is 11.8 Å². The summed E-state index contributed by atoms with van der Waals surface area (Å²) in [6.07, 6.45) is 12.4. The van der Waals surface area contributed by atoms with E-state index < -0.39 is 0 Å². The molecule has 2 aliphatic heterocycles. The Balaban J connectivity index is 1.72. The first kappa shape index (κ1) is 12.3. The van der Waals surface area contributed by atoms with Crippen LogP contribution in [0.2, 0.25) is 0 Å². The molecule has 4 unspecified atom stereocenters. The fraction of sp³-hybridized carbons (Fsp3) is 1.00. The molecule has 17 heavy (non-hydrogen) atoms. The fourth-order valence-electron chi connectivity index (χ4n) is 4.51. The number of thioether (sulfide) groups is 1. The molecular weight excluding hydrogens is 228 g/mol. The van der Waals surface area contributed by atoms with Crippen molar-refractivity contribution in [3.8, 4) is 0 Å². The molecule has 0 radical (unpaired) electrons. The molecule has 0 aromatic rings. The van der Waals surface area contributed by atoms with Crippen molar-refractivity contribution in [1.82, 2.24) is 10.2 Å². The summed E-state index contributed by atoms with van der Waals surface area (Å²) in [6, 6.07) is 3.48. The third-order valence-corrected chi connectivity index (χ3v) is 6.46. The minimum absolute atomic E-state index is 0.790. The van der Waals surface area contributed by atoms with Gasteiger partial charge in [0, 0.05) is 29.4 Å². The smallest absolute Gasteiger partial charge is 0.0220 e. The van der Waals surface area contributed by atoms with Crippen LogP contribution in [-0.4, -0.2) is 47.6 Å². The molecule has 0 aromatic carbocycles. The average Bonchev–Trinajstić information content (AvgIpc) is 2.90. The van der Waals surface area contributed by atoms with Gasteiger partial charge in [-0.25, -0.2) is 0 Å². The third-order valence-electron chi connectivity index (χ3n) is 5.30.